The van der Waals surface area contributed by atoms with Crippen LogP contribution in [0, 0.1) is 17.2 Å². The highest BCUT2D eigenvalue weighted by atomic mass is 15.2. The van der Waals surface area contributed by atoms with Gasteiger partial charge in [-0.05, 0) is 45.6 Å². The molecule has 0 amide bonds. The van der Waals surface area contributed by atoms with E-state index in [1.807, 2.05) is 0 Å². The third-order valence-electron chi connectivity index (χ3n) is 4.36. The summed E-state index contributed by atoms with van der Waals surface area (Å²) < 4.78 is 0. The van der Waals surface area contributed by atoms with E-state index in [0.29, 0.717) is 5.92 Å². The minimum Gasteiger partial charge on any atom is -0.300 e. The molecule has 2 fully saturated rings. The summed E-state index contributed by atoms with van der Waals surface area (Å²) in [6.45, 7) is 0. The van der Waals surface area contributed by atoms with Gasteiger partial charge in [0.15, 0.2) is 0 Å². The first-order valence-corrected chi connectivity index (χ1v) is 6.43. The molecule has 0 aliphatic heterocycles. The molecule has 0 atom stereocenters. The lowest BCUT2D eigenvalue weighted by molar-refractivity contribution is 0.130. The molecule has 2 aliphatic rings. The number of hydrogen-bond donors (Lipinski definition) is 0. The van der Waals surface area contributed by atoms with Crippen LogP contribution < -0.4 is 0 Å². The van der Waals surface area contributed by atoms with Crippen LogP contribution in [0.2, 0.25) is 0 Å². The van der Waals surface area contributed by atoms with Crippen molar-refractivity contribution in [1.29, 1.82) is 5.26 Å². The zero-order valence-electron chi connectivity index (χ0n) is 9.78. The maximum Gasteiger partial charge on any atom is 0.0655 e. The smallest absolute Gasteiger partial charge is 0.0655 e. The average molecular weight is 206 g/mol. The molecule has 0 aromatic heterocycles. The van der Waals surface area contributed by atoms with Crippen molar-refractivity contribution in [1.82, 2.24) is 4.90 Å². The van der Waals surface area contributed by atoms with Crippen LogP contribution in [-0.4, -0.2) is 24.0 Å². The van der Waals surface area contributed by atoms with Crippen LogP contribution in [0.15, 0.2) is 0 Å². The fourth-order valence-corrected chi connectivity index (χ4v) is 3.22. The molecular formula is C13H22N2. The molecule has 0 saturated heterocycles. The van der Waals surface area contributed by atoms with Gasteiger partial charge in [-0.1, -0.05) is 12.8 Å². The molecule has 2 aliphatic carbocycles. The Morgan fingerprint density at radius 1 is 0.933 bits per heavy atom. The minimum atomic E-state index is 0.346. The molecule has 84 valence electrons. The molecule has 0 spiro atoms. The first-order chi connectivity index (χ1) is 7.31. The maximum absolute atomic E-state index is 8.86. The summed E-state index contributed by atoms with van der Waals surface area (Å²) in [6.07, 6.45) is 10.4. The van der Waals surface area contributed by atoms with Gasteiger partial charge in [-0.2, -0.15) is 5.26 Å². The van der Waals surface area contributed by atoms with Crippen LogP contribution in [0.1, 0.15) is 51.4 Å². The van der Waals surface area contributed by atoms with Crippen molar-refractivity contribution in [2.45, 2.75) is 63.5 Å². The van der Waals surface area contributed by atoms with Gasteiger partial charge in [0.1, 0.15) is 0 Å². The molecule has 2 heteroatoms. The van der Waals surface area contributed by atoms with E-state index in [4.69, 9.17) is 5.26 Å². The Labute approximate surface area is 93.3 Å². The van der Waals surface area contributed by atoms with Gasteiger partial charge in [-0.3, -0.25) is 0 Å². The number of rotatable bonds is 2. The molecule has 2 saturated carbocycles. The molecule has 0 bridgehead atoms. The van der Waals surface area contributed by atoms with E-state index in [-0.39, 0.29) is 0 Å². The summed E-state index contributed by atoms with van der Waals surface area (Å²) in [7, 11) is 2.30. The highest BCUT2D eigenvalue weighted by Crippen LogP contribution is 2.31. The Kier molecular flexibility index (Phi) is 3.64. The first kappa shape index (κ1) is 11.0. The highest BCUT2D eigenvalue weighted by molar-refractivity contribution is 4.91. The van der Waals surface area contributed by atoms with E-state index in [9.17, 15) is 0 Å². The van der Waals surface area contributed by atoms with Crippen LogP contribution >= 0.6 is 0 Å². The average Bonchev–Trinajstić information content (AvgIpc) is 2.82. The molecule has 0 aromatic carbocycles. The topological polar surface area (TPSA) is 27.0 Å². The van der Waals surface area contributed by atoms with E-state index in [1.54, 1.807) is 0 Å². The zero-order valence-corrected chi connectivity index (χ0v) is 9.78. The van der Waals surface area contributed by atoms with Crippen molar-refractivity contribution < 1.29 is 0 Å². The number of nitriles is 1. The van der Waals surface area contributed by atoms with Crippen molar-refractivity contribution in [3.8, 4) is 6.07 Å². The molecule has 2 rings (SSSR count). The predicted molar refractivity (Wildman–Crippen MR) is 61.4 cm³/mol. The van der Waals surface area contributed by atoms with Crippen molar-refractivity contribution in [3.05, 3.63) is 0 Å². The van der Waals surface area contributed by atoms with Crippen molar-refractivity contribution in [2.24, 2.45) is 5.92 Å². The Bertz CT molecular complexity index is 229. The van der Waals surface area contributed by atoms with Gasteiger partial charge in [0.25, 0.3) is 0 Å². The zero-order chi connectivity index (χ0) is 10.7. The molecule has 2 nitrogen and oxygen atoms in total. The molecule has 0 radical (unpaired) electrons. The van der Waals surface area contributed by atoms with Crippen molar-refractivity contribution in [2.75, 3.05) is 7.05 Å². The van der Waals surface area contributed by atoms with E-state index in [2.05, 4.69) is 18.0 Å². The summed E-state index contributed by atoms with van der Waals surface area (Å²) in [5.41, 5.74) is 0. The third-order valence-corrected chi connectivity index (χ3v) is 4.36. The Hall–Kier alpha value is -0.550. The van der Waals surface area contributed by atoms with Gasteiger partial charge in [-0.15, -0.1) is 0 Å². The van der Waals surface area contributed by atoms with Crippen molar-refractivity contribution >= 4 is 0 Å². The second-order valence-corrected chi connectivity index (χ2v) is 5.24. The van der Waals surface area contributed by atoms with Gasteiger partial charge in [0.05, 0.1) is 6.07 Å². The fourth-order valence-electron chi connectivity index (χ4n) is 3.22. The molecule has 0 aromatic rings. The van der Waals surface area contributed by atoms with Gasteiger partial charge in [-0.25, -0.2) is 0 Å². The van der Waals surface area contributed by atoms with Crippen LogP contribution in [0.3, 0.4) is 0 Å². The van der Waals surface area contributed by atoms with Crippen LogP contribution in [0.5, 0.6) is 0 Å². The van der Waals surface area contributed by atoms with Crippen molar-refractivity contribution in [3.63, 3.8) is 0 Å². The fraction of sp³-hybridized carbons (Fsp3) is 0.923. The van der Waals surface area contributed by atoms with E-state index in [1.165, 1.54) is 38.5 Å². The second kappa shape index (κ2) is 4.99. The molecule has 15 heavy (non-hydrogen) atoms. The van der Waals surface area contributed by atoms with E-state index >= 15 is 0 Å². The lowest BCUT2D eigenvalue weighted by atomic mass is 9.86. The summed E-state index contributed by atoms with van der Waals surface area (Å²) in [4.78, 5) is 2.61. The summed E-state index contributed by atoms with van der Waals surface area (Å²) in [5.74, 6) is 0.346. The second-order valence-electron chi connectivity index (χ2n) is 5.24. The van der Waals surface area contributed by atoms with Gasteiger partial charge < -0.3 is 4.90 Å². The van der Waals surface area contributed by atoms with Crippen LogP contribution in [-0.2, 0) is 0 Å². The third kappa shape index (κ3) is 2.52. The van der Waals surface area contributed by atoms with Crippen LogP contribution in [0.25, 0.3) is 0 Å². The molecule has 0 heterocycles. The first-order valence-electron chi connectivity index (χ1n) is 6.43. The normalized spacial score (nSPS) is 33.1. The van der Waals surface area contributed by atoms with Gasteiger partial charge in [0.2, 0.25) is 0 Å². The number of hydrogen-bond acceptors (Lipinski definition) is 2. The lowest BCUT2D eigenvalue weighted by Gasteiger charge is -2.36. The standard InChI is InChI=1S/C13H22N2/c1-15(12-4-2-3-5-12)13-8-6-11(10-14)7-9-13/h11-13H,2-9H2,1H3. The minimum absolute atomic E-state index is 0.346. The Morgan fingerprint density at radius 2 is 1.47 bits per heavy atom. The SMILES string of the molecule is CN(C1CCCC1)C1CCC(C#N)CC1. The summed E-state index contributed by atoms with van der Waals surface area (Å²) >= 11 is 0. The molecule has 0 N–H and O–H groups in total. The van der Waals surface area contributed by atoms with Gasteiger partial charge >= 0.3 is 0 Å². The molecular weight excluding hydrogens is 184 g/mol. The van der Waals surface area contributed by atoms with E-state index in [0.717, 1.165) is 24.9 Å². The predicted octanol–water partition coefficient (Wildman–Crippen LogP) is 2.94. The molecule has 0 unspecified atom stereocenters. The van der Waals surface area contributed by atoms with E-state index < -0.39 is 0 Å². The number of nitrogens with zero attached hydrogens (tertiary/aromatic N) is 2. The van der Waals surface area contributed by atoms with Crippen LogP contribution in [0.4, 0.5) is 0 Å². The monoisotopic (exact) mass is 206 g/mol. The Balaban J connectivity index is 1.82. The highest BCUT2D eigenvalue weighted by Gasteiger charge is 2.29. The maximum atomic E-state index is 8.86. The quantitative estimate of drug-likeness (QED) is 0.694. The lowest BCUT2D eigenvalue weighted by Crippen LogP contribution is -2.40. The Morgan fingerprint density at radius 3 is 2.00 bits per heavy atom. The largest absolute Gasteiger partial charge is 0.300 e. The van der Waals surface area contributed by atoms with Gasteiger partial charge in [0, 0.05) is 18.0 Å². The summed E-state index contributed by atoms with van der Waals surface area (Å²) in [5, 5.41) is 8.86. The summed E-state index contributed by atoms with van der Waals surface area (Å²) in [6, 6.07) is 4.02.